The number of pyridine rings is 1. The monoisotopic (exact) mass is 733 g/mol. The molecule has 0 saturated carbocycles. The van der Waals surface area contributed by atoms with E-state index in [4.69, 9.17) is 14.7 Å². The van der Waals surface area contributed by atoms with E-state index in [0.717, 1.165) is 83.6 Å². The van der Waals surface area contributed by atoms with E-state index in [2.05, 4.69) is 39.6 Å². The average molecular weight is 734 g/mol. The summed E-state index contributed by atoms with van der Waals surface area (Å²) >= 11 is 0. The van der Waals surface area contributed by atoms with Gasteiger partial charge in [0.1, 0.15) is 11.9 Å². The summed E-state index contributed by atoms with van der Waals surface area (Å²) in [7, 11) is 0. The lowest BCUT2D eigenvalue weighted by Gasteiger charge is -2.34. The molecule has 13 nitrogen and oxygen atoms in total. The normalized spacial score (nSPS) is 18.6. The van der Waals surface area contributed by atoms with E-state index in [1.165, 1.54) is 6.42 Å². The fourth-order valence-corrected chi connectivity index (χ4v) is 7.40. The average Bonchev–Trinajstić information content (AvgIpc) is 3.81. The number of hydrogen-bond donors (Lipinski definition) is 2. The Morgan fingerprint density at radius 2 is 1.80 bits per heavy atom. The third-order valence-electron chi connectivity index (χ3n) is 10.4. The van der Waals surface area contributed by atoms with Crippen LogP contribution >= 0.6 is 0 Å². The summed E-state index contributed by atoms with van der Waals surface area (Å²) in [5.41, 5.74) is 4.97. The second-order valence-corrected chi connectivity index (χ2v) is 15.3. The molecule has 0 unspecified atom stereocenters. The number of amides is 2. The Balaban J connectivity index is 1.12. The molecule has 3 atom stereocenters. The maximum atomic E-state index is 14.1. The van der Waals surface area contributed by atoms with E-state index < -0.39 is 6.03 Å². The third kappa shape index (κ3) is 7.77. The molecule has 2 amide bonds. The number of aromatic nitrogens is 5. The number of hydrogen-bond acceptors (Lipinski definition) is 9. The van der Waals surface area contributed by atoms with Gasteiger partial charge in [-0.2, -0.15) is 5.10 Å². The van der Waals surface area contributed by atoms with Crippen molar-refractivity contribution in [1.82, 2.24) is 35.0 Å². The van der Waals surface area contributed by atoms with E-state index in [9.17, 15) is 9.59 Å². The van der Waals surface area contributed by atoms with Crippen LogP contribution in [0, 0.1) is 0 Å². The topological polar surface area (TPSA) is 131 Å². The number of rotatable bonds is 12. The van der Waals surface area contributed by atoms with Gasteiger partial charge in [0.05, 0.1) is 23.6 Å². The fraction of sp³-hybridized carbons (Fsp3) is 0.439. The minimum absolute atomic E-state index is 0.237. The maximum absolute atomic E-state index is 14.1. The van der Waals surface area contributed by atoms with Gasteiger partial charge in [0, 0.05) is 30.6 Å². The van der Waals surface area contributed by atoms with Crippen LogP contribution in [0.15, 0.2) is 72.9 Å². The Morgan fingerprint density at radius 3 is 2.54 bits per heavy atom. The van der Waals surface area contributed by atoms with E-state index in [1.54, 1.807) is 10.7 Å². The molecule has 4 heterocycles. The molecule has 1 aliphatic heterocycles. The first kappa shape index (κ1) is 36.9. The first-order chi connectivity index (χ1) is 26.1. The molecule has 3 aromatic heterocycles. The number of nitrogens with one attached hydrogen (secondary N) is 2. The second kappa shape index (κ2) is 15.9. The Labute approximate surface area is 316 Å². The minimum Gasteiger partial charge on any atom is -0.484 e. The Bertz CT molecular complexity index is 2070. The van der Waals surface area contributed by atoms with Crippen molar-refractivity contribution in [2.45, 2.75) is 103 Å². The summed E-state index contributed by atoms with van der Waals surface area (Å²) in [6, 6.07) is 21.1. The highest BCUT2D eigenvalue weighted by molar-refractivity contribution is 5.90. The summed E-state index contributed by atoms with van der Waals surface area (Å²) in [4.78, 5) is 33.8. The summed E-state index contributed by atoms with van der Waals surface area (Å²) in [5.74, 6) is 1.87. The number of ether oxygens (including phenoxy) is 1. The molecular weight excluding hydrogens is 683 g/mol. The molecule has 1 fully saturated rings. The highest BCUT2D eigenvalue weighted by Crippen LogP contribution is 2.39. The molecule has 7 rings (SSSR count). The van der Waals surface area contributed by atoms with Gasteiger partial charge in [0.25, 0.3) is 0 Å². The zero-order valence-electron chi connectivity index (χ0n) is 31.9. The summed E-state index contributed by atoms with van der Waals surface area (Å²) in [6.07, 6.45) is 7.54. The number of piperidine rings is 1. The summed E-state index contributed by atoms with van der Waals surface area (Å²) in [5, 5.41) is 21.4. The van der Waals surface area contributed by atoms with Crippen LogP contribution in [0.2, 0.25) is 0 Å². The van der Waals surface area contributed by atoms with Gasteiger partial charge in [-0.15, -0.1) is 15.3 Å². The lowest BCUT2D eigenvalue weighted by molar-refractivity contribution is -0.129. The largest absolute Gasteiger partial charge is 0.484 e. The number of carbonyl (C=O) groups is 2. The van der Waals surface area contributed by atoms with E-state index in [0.29, 0.717) is 30.5 Å². The van der Waals surface area contributed by atoms with Crippen LogP contribution in [0.25, 0.3) is 11.3 Å². The van der Waals surface area contributed by atoms with Gasteiger partial charge in [-0.1, -0.05) is 64.1 Å². The van der Waals surface area contributed by atoms with Crippen molar-refractivity contribution in [2.75, 3.05) is 23.1 Å². The molecule has 2 N–H and O–H groups in total. The van der Waals surface area contributed by atoms with Crippen LogP contribution in [0.1, 0.15) is 108 Å². The van der Waals surface area contributed by atoms with Gasteiger partial charge in [0.15, 0.2) is 11.5 Å². The fourth-order valence-electron chi connectivity index (χ4n) is 7.40. The molecule has 1 aliphatic carbocycles. The highest BCUT2D eigenvalue weighted by atomic mass is 16.7. The van der Waals surface area contributed by atoms with Gasteiger partial charge < -0.3 is 25.1 Å². The van der Waals surface area contributed by atoms with E-state index in [1.807, 2.05) is 92.0 Å². The molecule has 2 aliphatic rings. The smallest absolute Gasteiger partial charge is 0.357 e. The molecular formula is C41H51N9O4. The van der Waals surface area contributed by atoms with Crippen molar-refractivity contribution in [3.8, 4) is 11.4 Å². The standard InChI is InChI=1S/C41H51N9O4/c1-6-22-42-25-29-14-16-30(17-15-29)49-38(24-36(46-49)41(3,4)5)50(53-27-51)40(52)43-34-19-20-35(33-13-8-7-12-32(33)34)54-31-18-21-37-44-45-39(48(37)26-31)47-23-10-9-11-28(47)2/h7-8,12-18,21,24,26-28,34-35,42H,6,9-11,19-20,22-23,25H2,1-5H3,(H,43,52)/t28-,34-,35+/m0/s1. The lowest BCUT2D eigenvalue weighted by Crippen LogP contribution is -2.43. The van der Waals surface area contributed by atoms with Gasteiger partial charge in [-0.05, 0) is 92.9 Å². The van der Waals surface area contributed by atoms with Gasteiger partial charge in [-0.3, -0.25) is 9.20 Å². The maximum Gasteiger partial charge on any atom is 0.357 e. The van der Waals surface area contributed by atoms with Gasteiger partial charge >= 0.3 is 12.5 Å². The van der Waals surface area contributed by atoms with Crippen LogP contribution in [0.4, 0.5) is 16.6 Å². The molecule has 284 valence electrons. The molecule has 2 aromatic carbocycles. The van der Waals surface area contributed by atoms with E-state index >= 15 is 0 Å². The second-order valence-electron chi connectivity index (χ2n) is 15.3. The van der Waals surface area contributed by atoms with Crippen molar-refractivity contribution < 1.29 is 19.2 Å². The van der Waals surface area contributed by atoms with E-state index in [-0.39, 0.29) is 24.0 Å². The minimum atomic E-state index is -0.583. The van der Waals surface area contributed by atoms with Crippen LogP contribution in [-0.4, -0.2) is 56.0 Å². The zero-order chi connectivity index (χ0) is 37.8. The quantitative estimate of drug-likeness (QED) is 0.0768. The number of benzene rings is 2. The van der Waals surface area contributed by atoms with Crippen molar-refractivity contribution in [3.63, 3.8) is 0 Å². The molecule has 5 aromatic rings. The van der Waals surface area contributed by atoms with Crippen molar-refractivity contribution in [1.29, 1.82) is 0 Å². The SMILES string of the molecule is CCCNCc1ccc(-n2nc(C(C)(C)C)cc2N(OC=O)C(=O)N[C@H]2CC[C@@H](Oc3ccc4nnc(N5CCCC[C@@H]5C)n4c3)c3ccccc32)cc1. The predicted molar refractivity (Wildman–Crippen MR) is 208 cm³/mol. The Morgan fingerprint density at radius 1 is 1.00 bits per heavy atom. The lowest BCUT2D eigenvalue weighted by atomic mass is 9.85. The highest BCUT2D eigenvalue weighted by Gasteiger charge is 2.34. The molecule has 13 heteroatoms. The van der Waals surface area contributed by atoms with Crippen molar-refractivity contribution >= 4 is 29.9 Å². The van der Waals surface area contributed by atoms with Gasteiger partial charge in [0.2, 0.25) is 5.95 Å². The first-order valence-electron chi connectivity index (χ1n) is 19.1. The number of fused-ring (bicyclic) bond motifs is 2. The van der Waals surface area contributed by atoms with Crippen molar-refractivity contribution in [2.24, 2.45) is 0 Å². The Hall–Kier alpha value is -5.43. The third-order valence-corrected chi connectivity index (χ3v) is 10.4. The number of carbonyl (C=O) groups excluding carboxylic acids is 2. The molecule has 54 heavy (non-hydrogen) atoms. The molecule has 0 bridgehead atoms. The molecule has 1 saturated heterocycles. The number of hydroxylamine groups is 1. The number of urea groups is 1. The van der Waals surface area contributed by atoms with Crippen LogP contribution in [0.3, 0.4) is 0 Å². The zero-order valence-corrected chi connectivity index (χ0v) is 31.9. The summed E-state index contributed by atoms with van der Waals surface area (Å²) < 4.78 is 10.3. The Kier molecular flexibility index (Phi) is 10.9. The number of anilines is 2. The first-order valence-corrected chi connectivity index (χ1v) is 19.1. The number of nitrogens with zero attached hydrogens (tertiary/aromatic N) is 7. The van der Waals surface area contributed by atoms with Crippen LogP contribution in [0.5, 0.6) is 5.75 Å². The van der Waals surface area contributed by atoms with Crippen LogP contribution < -0.4 is 25.3 Å². The molecule has 0 radical (unpaired) electrons. The predicted octanol–water partition coefficient (Wildman–Crippen LogP) is 7.35. The van der Waals surface area contributed by atoms with Crippen molar-refractivity contribution in [3.05, 3.63) is 95.3 Å². The summed E-state index contributed by atoms with van der Waals surface area (Å²) in [6.45, 7) is 13.4. The van der Waals surface area contributed by atoms with Gasteiger partial charge in [-0.25, -0.2) is 9.48 Å². The molecule has 0 spiro atoms. The van der Waals surface area contributed by atoms with Crippen LogP contribution in [-0.2, 0) is 21.6 Å².